The molecule has 0 amide bonds. The number of nitrogens with zero attached hydrogens (tertiary/aromatic N) is 6. The maximum atomic E-state index is 13.1. The van der Waals surface area contributed by atoms with E-state index in [1.165, 1.54) is 51.4 Å². The minimum atomic E-state index is -2.59. The van der Waals surface area contributed by atoms with E-state index in [0.717, 1.165) is 148 Å². The van der Waals surface area contributed by atoms with Crippen molar-refractivity contribution in [2.24, 2.45) is 0 Å². The first-order valence-corrected chi connectivity index (χ1v) is 37.9. The molecule has 0 fully saturated rings. The predicted octanol–water partition coefficient (Wildman–Crippen LogP) is 18.2. The highest BCUT2D eigenvalue weighted by atomic mass is 35.5. The average molecular weight is 1390 g/mol. The Hall–Kier alpha value is -11.1. The molecule has 0 N–H and O–H groups in total. The molecule has 12 heteroatoms. The van der Waals surface area contributed by atoms with Crippen LogP contribution in [0.4, 0.5) is 0 Å². The van der Waals surface area contributed by atoms with Gasteiger partial charge in [0.2, 0.25) is 0 Å². The molecule has 0 unspecified atom stereocenters. The van der Waals surface area contributed by atoms with Gasteiger partial charge in [0.25, 0.3) is 0 Å². The zero-order valence-electron chi connectivity index (χ0n) is 58.9. The Labute approximate surface area is 619 Å². The van der Waals surface area contributed by atoms with E-state index in [9.17, 15) is 10.5 Å². The Morgan fingerprint density at radius 1 is 0.356 bits per heavy atom. The van der Waals surface area contributed by atoms with Crippen LogP contribution in [0.15, 0.2) is 279 Å². The Morgan fingerprint density at radius 3 is 1.00 bits per heavy atom. The third-order valence-corrected chi connectivity index (χ3v) is 22.4. The molecule has 2 aliphatic rings. The van der Waals surface area contributed by atoms with Gasteiger partial charge in [-0.3, -0.25) is 0 Å². The van der Waals surface area contributed by atoms with Crippen LogP contribution in [0.2, 0.25) is 10.0 Å². The molecule has 0 spiro atoms. The molecule has 10 aromatic carbocycles. The van der Waals surface area contributed by atoms with Crippen molar-refractivity contribution in [3.05, 3.63) is 311 Å². The molecule has 0 atom stereocenters. The number of nitriles is 2. The van der Waals surface area contributed by atoms with Crippen molar-refractivity contribution >= 4 is 102 Å². The fourth-order valence-corrected chi connectivity index (χ4v) is 17.9. The SMILES string of the molecule is CCCCCCCCOc1ccc(-c2c3c4n(c(-c5ccc(OCCCCCCCC)cc5)c3c3n2[B-](c2ccccc2)(c2ccccc2)[n+]2c(cc(-c5ccccc5)c5cc(Cl)ccc52)C=3C#N)[B-](c2ccccc2)(c2ccccc2)[n+]2c(cc(-c3ccccc3)c3cc(Cl)ccc32)C=4C#N)cc1. The molecule has 0 aliphatic carbocycles. The van der Waals surface area contributed by atoms with Crippen molar-refractivity contribution in [3.8, 4) is 68.4 Å². The number of pyridine rings is 2. The fourth-order valence-electron chi connectivity index (χ4n) is 17.5. The molecular formula is C92H80B2Cl2N6O2. The van der Waals surface area contributed by atoms with E-state index in [2.05, 4.69) is 299 Å². The highest BCUT2D eigenvalue weighted by molar-refractivity contribution is 6.96. The highest BCUT2D eigenvalue weighted by Gasteiger charge is 2.56. The van der Waals surface area contributed by atoms with E-state index in [1.54, 1.807) is 0 Å². The number of benzene rings is 10. The van der Waals surface area contributed by atoms with Gasteiger partial charge >= 0.3 is 12.8 Å². The van der Waals surface area contributed by atoms with Gasteiger partial charge in [0.15, 0.2) is 22.4 Å². The normalized spacial score (nSPS) is 13.2. The van der Waals surface area contributed by atoms with E-state index in [0.29, 0.717) is 45.1 Å². The smallest absolute Gasteiger partial charge is 0.435 e. The summed E-state index contributed by atoms with van der Waals surface area (Å²) < 4.78 is 23.5. The summed E-state index contributed by atoms with van der Waals surface area (Å²) in [7, 11) is 0. The Balaban J connectivity index is 1.16. The Bertz CT molecular complexity index is 5310. The van der Waals surface area contributed by atoms with Gasteiger partial charge in [0.05, 0.1) is 24.0 Å². The van der Waals surface area contributed by atoms with Crippen LogP contribution in [-0.4, -0.2) is 35.0 Å². The monoisotopic (exact) mass is 1390 g/mol. The zero-order valence-corrected chi connectivity index (χ0v) is 60.4. The van der Waals surface area contributed by atoms with Crippen molar-refractivity contribution in [3.63, 3.8) is 0 Å². The van der Waals surface area contributed by atoms with Crippen LogP contribution in [0.5, 0.6) is 11.5 Å². The van der Waals surface area contributed by atoms with Gasteiger partial charge in [-0.2, -0.15) is 10.5 Å². The minimum Gasteiger partial charge on any atom is -0.494 e. The number of aromatic nitrogens is 4. The molecule has 2 aliphatic heterocycles. The molecule has 16 rings (SSSR count). The van der Waals surface area contributed by atoms with Crippen molar-refractivity contribution in [2.45, 2.75) is 90.9 Å². The Morgan fingerprint density at radius 2 is 0.673 bits per heavy atom. The highest BCUT2D eigenvalue weighted by Crippen LogP contribution is 2.44. The lowest BCUT2D eigenvalue weighted by Gasteiger charge is -2.45. The van der Waals surface area contributed by atoms with Gasteiger partial charge in [-0.1, -0.05) is 283 Å². The summed E-state index contributed by atoms with van der Waals surface area (Å²) >= 11 is 14.5. The first kappa shape index (κ1) is 67.4. The maximum absolute atomic E-state index is 13.1. The fraction of sp³-hybridized carbons (Fsp3) is 0.174. The largest absolute Gasteiger partial charge is 0.494 e. The van der Waals surface area contributed by atoms with E-state index < -0.39 is 12.8 Å². The van der Waals surface area contributed by atoms with Crippen LogP contribution in [0.1, 0.15) is 102 Å². The number of unbranched alkanes of at least 4 members (excludes halogenated alkanes) is 10. The second-order valence-electron chi connectivity index (χ2n) is 28.0. The standard InChI is InChI=1S/C92H80B2Cl2N6O2/c1-3-5-7-9-11-31-57-103-75-51-45-67(46-52-75)89-87-88(92-82(64-98)86-62-78(66-35-21-14-22-36-66)79-59-73(95)49-55-83(79)99(86)93(101(89)92,69-37-23-15-24-38-69)70-39-25-16-26-40-70)90(68-47-53-76(54-48-68)104-58-32-12-10-8-6-4-2)102-91(87)81(63-97)85-61-77(65-33-19-13-20-34-65)80-60-74(96)50-56-84(80)100(85)94(102,71-41-27-17-28-42-71)72-43-29-18-30-44-72/h13-30,33-56,59-62H,3-12,31-32,57-58H2,1-2H3. The quantitative estimate of drug-likeness (QED) is 0.0446. The second-order valence-corrected chi connectivity index (χ2v) is 28.9. The summed E-state index contributed by atoms with van der Waals surface area (Å²) in [5.74, 6) is 1.52. The zero-order chi connectivity index (χ0) is 70.7. The lowest BCUT2D eigenvalue weighted by molar-refractivity contribution is -0.519. The Kier molecular flexibility index (Phi) is 19.0. The molecule has 510 valence electrons. The third kappa shape index (κ3) is 11.5. The van der Waals surface area contributed by atoms with Gasteiger partial charge in [-0.25, -0.2) is 0 Å². The first-order valence-electron chi connectivity index (χ1n) is 37.2. The van der Waals surface area contributed by atoms with Gasteiger partial charge in [-0.05, 0) is 108 Å². The molecule has 0 saturated carbocycles. The van der Waals surface area contributed by atoms with Crippen LogP contribution in [0.3, 0.4) is 0 Å². The van der Waals surface area contributed by atoms with Crippen LogP contribution in [-0.2, 0) is 0 Å². The molecule has 0 saturated heterocycles. The van der Waals surface area contributed by atoms with Gasteiger partial charge in [0.1, 0.15) is 34.8 Å². The third-order valence-electron chi connectivity index (χ3n) is 22.0. The van der Waals surface area contributed by atoms with E-state index in [-0.39, 0.29) is 0 Å². The summed E-state index contributed by atoms with van der Waals surface area (Å²) in [5, 5.41) is 32.3. The number of rotatable bonds is 24. The van der Waals surface area contributed by atoms with Crippen LogP contribution < -0.4 is 51.0 Å². The summed E-state index contributed by atoms with van der Waals surface area (Å²) in [6.45, 7) is 5.69. The summed E-state index contributed by atoms with van der Waals surface area (Å²) in [4.78, 5) is 0. The molecule has 6 heterocycles. The molecule has 8 nitrogen and oxygen atoms in total. The van der Waals surface area contributed by atoms with E-state index in [1.807, 2.05) is 24.3 Å². The second kappa shape index (κ2) is 29.3. The van der Waals surface area contributed by atoms with Gasteiger partial charge in [-0.15, -0.1) is 21.9 Å². The maximum Gasteiger partial charge on any atom is 0.435 e. The van der Waals surface area contributed by atoms with Gasteiger partial charge in [0, 0.05) is 78.3 Å². The molecular weight excluding hydrogens is 1310 g/mol. The van der Waals surface area contributed by atoms with Crippen LogP contribution in [0, 0.1) is 22.7 Å². The predicted molar refractivity (Wildman–Crippen MR) is 431 cm³/mol. The van der Waals surface area contributed by atoms with E-state index >= 15 is 0 Å². The van der Waals surface area contributed by atoms with Crippen molar-refractivity contribution < 1.29 is 18.4 Å². The molecule has 104 heavy (non-hydrogen) atoms. The van der Waals surface area contributed by atoms with Gasteiger partial charge < -0.3 is 27.4 Å². The lowest BCUT2D eigenvalue weighted by atomic mass is 9.35. The van der Waals surface area contributed by atoms with Crippen LogP contribution in [0.25, 0.3) is 88.5 Å². The van der Waals surface area contributed by atoms with Crippen molar-refractivity contribution in [1.29, 1.82) is 10.5 Å². The summed E-state index contributed by atoms with van der Waals surface area (Å²) in [6, 6.07) is 105. The number of halogens is 2. The molecule has 0 radical (unpaired) electrons. The molecule has 4 aromatic heterocycles. The van der Waals surface area contributed by atoms with Crippen molar-refractivity contribution in [2.75, 3.05) is 13.2 Å². The number of hydrogen-bond acceptors (Lipinski definition) is 4. The number of fused-ring (bicyclic) bond motifs is 11. The summed E-state index contributed by atoms with van der Waals surface area (Å²) in [6.07, 6.45) is 8.59. The van der Waals surface area contributed by atoms with Crippen LogP contribution >= 0.6 is 23.2 Å². The van der Waals surface area contributed by atoms with E-state index in [4.69, 9.17) is 32.7 Å². The summed E-state index contributed by atoms with van der Waals surface area (Å²) in [5.41, 5.74) is 15.3. The topological polar surface area (TPSA) is 83.7 Å². The first-order chi connectivity index (χ1) is 51.3. The lowest BCUT2D eigenvalue weighted by Crippen LogP contribution is -2.87. The van der Waals surface area contributed by atoms with Crippen molar-refractivity contribution in [1.82, 2.24) is 8.96 Å². The number of ether oxygens (including phenoxy) is 2. The number of hydrogen-bond donors (Lipinski definition) is 0. The molecule has 0 bridgehead atoms. The molecule has 14 aromatic rings. The minimum absolute atomic E-state index is 0.453. The average Bonchev–Trinajstić information content (AvgIpc) is 1.43.